The van der Waals surface area contributed by atoms with Gasteiger partial charge in [-0.25, -0.2) is 0 Å². The average Bonchev–Trinajstić information content (AvgIpc) is 2.53. The van der Waals surface area contributed by atoms with Gasteiger partial charge in [0.2, 0.25) is 0 Å². The maximum Gasteiger partial charge on any atom is 0.258 e. The number of carbonyl (C=O) groups excluding carboxylic acids is 1. The number of amides is 1. The van der Waals surface area contributed by atoms with Crippen LogP contribution in [-0.2, 0) is 10.2 Å². The third-order valence-corrected chi connectivity index (χ3v) is 4.34. The van der Waals surface area contributed by atoms with E-state index in [0.717, 1.165) is 16.9 Å². The van der Waals surface area contributed by atoms with Gasteiger partial charge in [0, 0.05) is 0 Å². The lowest BCUT2D eigenvalue weighted by molar-refractivity contribution is -0.123. The predicted molar refractivity (Wildman–Crippen MR) is 103 cm³/mol. The van der Waals surface area contributed by atoms with Crippen molar-refractivity contribution in [2.24, 2.45) is 0 Å². The van der Waals surface area contributed by atoms with Crippen LogP contribution in [0, 0.1) is 13.8 Å². The van der Waals surface area contributed by atoms with Crippen LogP contribution in [0.5, 0.6) is 5.75 Å². The molecule has 0 unspecified atom stereocenters. The van der Waals surface area contributed by atoms with Gasteiger partial charge in [0.25, 0.3) is 5.91 Å². The van der Waals surface area contributed by atoms with E-state index >= 15 is 0 Å². The normalized spacial score (nSPS) is 12.6. The molecule has 0 fully saturated rings. The van der Waals surface area contributed by atoms with Crippen LogP contribution in [-0.4, -0.2) is 12.5 Å². The first kappa shape index (κ1) is 19.0. The summed E-state index contributed by atoms with van der Waals surface area (Å²) in [6.07, 6.45) is 0. The molecule has 2 aromatic rings. The number of ether oxygens (including phenoxy) is 1. The molecular weight excluding hydrogens is 310 g/mol. The largest absolute Gasteiger partial charge is 0.484 e. The van der Waals surface area contributed by atoms with E-state index in [1.165, 1.54) is 11.1 Å². The average molecular weight is 339 g/mol. The number of nitrogens with one attached hydrogen (secondary N) is 1. The number of carbonyl (C=O) groups is 1. The maximum absolute atomic E-state index is 12.2. The van der Waals surface area contributed by atoms with Crippen molar-refractivity contribution in [3.63, 3.8) is 0 Å². The molecule has 1 atom stereocenters. The third kappa shape index (κ3) is 5.35. The topological polar surface area (TPSA) is 38.3 Å². The van der Waals surface area contributed by atoms with E-state index in [-0.39, 0.29) is 24.0 Å². The summed E-state index contributed by atoms with van der Waals surface area (Å²) in [5.74, 6) is 0.635. The van der Waals surface area contributed by atoms with E-state index in [1.807, 2.05) is 39.0 Å². The molecule has 25 heavy (non-hydrogen) atoms. The first-order valence-corrected chi connectivity index (χ1v) is 8.76. The minimum atomic E-state index is -0.118. The molecule has 134 valence electrons. The molecule has 0 radical (unpaired) electrons. The van der Waals surface area contributed by atoms with Gasteiger partial charge in [-0.2, -0.15) is 0 Å². The van der Waals surface area contributed by atoms with E-state index in [9.17, 15) is 4.79 Å². The number of hydrogen-bond donors (Lipinski definition) is 1. The smallest absolute Gasteiger partial charge is 0.258 e. The van der Waals surface area contributed by atoms with Crippen molar-refractivity contribution in [3.05, 3.63) is 64.7 Å². The van der Waals surface area contributed by atoms with E-state index in [2.05, 4.69) is 50.4 Å². The van der Waals surface area contributed by atoms with E-state index in [1.54, 1.807) is 0 Å². The summed E-state index contributed by atoms with van der Waals surface area (Å²) in [4.78, 5) is 12.2. The van der Waals surface area contributed by atoms with Crippen molar-refractivity contribution in [1.82, 2.24) is 5.32 Å². The zero-order valence-corrected chi connectivity index (χ0v) is 16.1. The Hall–Kier alpha value is -2.29. The van der Waals surface area contributed by atoms with Gasteiger partial charge >= 0.3 is 0 Å². The molecule has 0 aromatic heterocycles. The highest BCUT2D eigenvalue weighted by atomic mass is 16.5. The Bertz CT molecular complexity index is 727. The van der Waals surface area contributed by atoms with Crippen molar-refractivity contribution in [2.75, 3.05) is 6.61 Å². The fraction of sp³-hybridized carbons (Fsp3) is 0.409. The van der Waals surface area contributed by atoms with E-state index in [4.69, 9.17) is 4.74 Å². The Labute approximate surface area is 151 Å². The predicted octanol–water partition coefficient (Wildman–Crippen LogP) is 4.86. The Morgan fingerprint density at radius 2 is 1.72 bits per heavy atom. The summed E-state index contributed by atoms with van der Waals surface area (Å²) in [6, 6.07) is 14.3. The van der Waals surface area contributed by atoms with Gasteiger partial charge in [-0.1, -0.05) is 62.7 Å². The molecule has 0 aliphatic rings. The van der Waals surface area contributed by atoms with Crippen LogP contribution >= 0.6 is 0 Å². The van der Waals surface area contributed by atoms with Crippen LogP contribution in [0.1, 0.15) is 56.0 Å². The lowest BCUT2D eigenvalue weighted by Gasteiger charge is -2.21. The minimum absolute atomic E-state index is 0.0221. The SMILES string of the molecule is Cc1ccc(OCC(=O)N[C@@H](C)c2ccc(C(C)(C)C)cc2)c(C)c1. The molecule has 2 aromatic carbocycles. The lowest BCUT2D eigenvalue weighted by Crippen LogP contribution is -2.31. The summed E-state index contributed by atoms with van der Waals surface area (Å²) in [5, 5.41) is 2.99. The summed E-state index contributed by atoms with van der Waals surface area (Å²) in [7, 11) is 0. The summed E-state index contributed by atoms with van der Waals surface area (Å²) < 4.78 is 5.64. The number of rotatable bonds is 5. The van der Waals surface area contributed by atoms with Crippen LogP contribution < -0.4 is 10.1 Å². The van der Waals surface area contributed by atoms with Crippen molar-refractivity contribution >= 4 is 5.91 Å². The second-order valence-electron chi connectivity index (χ2n) is 7.72. The number of benzene rings is 2. The molecule has 3 heteroatoms. The Kier molecular flexibility index (Phi) is 5.89. The molecule has 1 amide bonds. The molecule has 0 aliphatic carbocycles. The molecule has 0 bridgehead atoms. The van der Waals surface area contributed by atoms with Gasteiger partial charge in [-0.15, -0.1) is 0 Å². The highest BCUT2D eigenvalue weighted by Gasteiger charge is 2.15. The standard InChI is InChI=1S/C22H29NO2/c1-15-7-12-20(16(2)13-15)25-14-21(24)23-17(3)18-8-10-19(11-9-18)22(4,5)6/h7-13,17H,14H2,1-6H3,(H,23,24)/t17-/m0/s1. The fourth-order valence-electron chi connectivity index (χ4n) is 2.74. The molecule has 0 saturated carbocycles. The monoisotopic (exact) mass is 339 g/mol. The second-order valence-corrected chi connectivity index (χ2v) is 7.72. The van der Waals surface area contributed by atoms with Gasteiger partial charge in [-0.05, 0) is 48.9 Å². The van der Waals surface area contributed by atoms with Gasteiger partial charge in [0.1, 0.15) is 5.75 Å². The summed E-state index contributed by atoms with van der Waals surface area (Å²) in [6.45, 7) is 12.6. The van der Waals surface area contributed by atoms with Crippen molar-refractivity contribution in [3.8, 4) is 5.75 Å². The van der Waals surface area contributed by atoms with Crippen LogP contribution in [0.3, 0.4) is 0 Å². The van der Waals surface area contributed by atoms with Crippen LogP contribution in [0.15, 0.2) is 42.5 Å². The van der Waals surface area contributed by atoms with E-state index < -0.39 is 0 Å². The first-order valence-electron chi connectivity index (χ1n) is 8.76. The quantitative estimate of drug-likeness (QED) is 0.845. The van der Waals surface area contributed by atoms with Crippen molar-refractivity contribution < 1.29 is 9.53 Å². The Morgan fingerprint density at radius 3 is 2.28 bits per heavy atom. The molecule has 0 spiro atoms. The van der Waals surface area contributed by atoms with Gasteiger partial charge in [0.05, 0.1) is 6.04 Å². The first-order chi connectivity index (χ1) is 11.7. The highest BCUT2D eigenvalue weighted by Crippen LogP contribution is 2.24. The maximum atomic E-state index is 12.2. The molecule has 0 saturated heterocycles. The molecular formula is C22H29NO2. The minimum Gasteiger partial charge on any atom is -0.484 e. The molecule has 2 rings (SSSR count). The zero-order valence-electron chi connectivity index (χ0n) is 16.1. The Balaban J connectivity index is 1.91. The van der Waals surface area contributed by atoms with Crippen molar-refractivity contribution in [1.29, 1.82) is 0 Å². The molecule has 3 nitrogen and oxygen atoms in total. The lowest BCUT2D eigenvalue weighted by atomic mass is 9.86. The molecule has 0 aliphatic heterocycles. The summed E-state index contributed by atoms with van der Waals surface area (Å²) in [5.41, 5.74) is 4.73. The highest BCUT2D eigenvalue weighted by molar-refractivity contribution is 5.78. The molecule has 0 heterocycles. The third-order valence-electron chi connectivity index (χ3n) is 4.34. The zero-order chi connectivity index (χ0) is 18.6. The molecule has 1 N–H and O–H groups in total. The van der Waals surface area contributed by atoms with E-state index in [0.29, 0.717) is 0 Å². The van der Waals surface area contributed by atoms with Gasteiger partial charge in [0.15, 0.2) is 6.61 Å². The van der Waals surface area contributed by atoms with Crippen LogP contribution in [0.2, 0.25) is 0 Å². The van der Waals surface area contributed by atoms with Crippen LogP contribution in [0.25, 0.3) is 0 Å². The summed E-state index contributed by atoms with van der Waals surface area (Å²) >= 11 is 0. The van der Waals surface area contributed by atoms with Crippen molar-refractivity contribution in [2.45, 2.75) is 53.0 Å². The second kappa shape index (κ2) is 7.73. The van der Waals surface area contributed by atoms with Crippen LogP contribution in [0.4, 0.5) is 0 Å². The fourth-order valence-corrected chi connectivity index (χ4v) is 2.74. The number of aryl methyl sites for hydroxylation is 2. The van der Waals surface area contributed by atoms with Gasteiger partial charge < -0.3 is 10.1 Å². The number of hydrogen-bond acceptors (Lipinski definition) is 2. The Morgan fingerprint density at radius 1 is 1.08 bits per heavy atom. The van der Waals surface area contributed by atoms with Gasteiger partial charge in [-0.3, -0.25) is 4.79 Å².